The Balaban J connectivity index is 1.31. The molecule has 3 heterocycles. The van der Waals surface area contributed by atoms with Crippen molar-refractivity contribution >= 4 is 29.1 Å². The van der Waals surface area contributed by atoms with Crippen molar-refractivity contribution in [3.63, 3.8) is 0 Å². The van der Waals surface area contributed by atoms with Gasteiger partial charge in [0.2, 0.25) is 5.91 Å². The molecule has 2 aromatic rings. The number of anilines is 1. The standard InChI is InChI=1S/C22H25ClN4O3/c23-16-4-6-17(7-5-16)25-19(28)18-14-27-13-10-24-21(27)22(30-18)8-11-26(12-9-22)20(29)15-2-1-3-15/h4-7,10,13,15,18H,1-3,8-9,11-12,14H2,(H,25,28)/t18-/m1/s1. The Labute approximate surface area is 180 Å². The van der Waals surface area contributed by atoms with E-state index in [1.165, 1.54) is 0 Å². The monoisotopic (exact) mass is 428 g/mol. The molecule has 1 spiro atoms. The maximum atomic E-state index is 13.0. The molecule has 1 saturated carbocycles. The van der Waals surface area contributed by atoms with Crippen LogP contribution < -0.4 is 5.32 Å². The Morgan fingerprint density at radius 1 is 1.17 bits per heavy atom. The molecule has 1 N–H and O–H groups in total. The summed E-state index contributed by atoms with van der Waals surface area (Å²) in [7, 11) is 0. The van der Waals surface area contributed by atoms with Gasteiger partial charge in [0.25, 0.3) is 5.91 Å². The van der Waals surface area contributed by atoms with Crippen molar-refractivity contribution in [2.45, 2.75) is 50.4 Å². The number of nitrogens with one attached hydrogen (secondary N) is 1. The van der Waals surface area contributed by atoms with E-state index in [1.807, 2.05) is 15.7 Å². The average Bonchev–Trinajstić information content (AvgIpc) is 3.19. The number of hydrogen-bond donors (Lipinski definition) is 1. The smallest absolute Gasteiger partial charge is 0.255 e. The molecule has 0 bridgehead atoms. The minimum Gasteiger partial charge on any atom is -0.352 e. The first-order valence-electron chi connectivity index (χ1n) is 10.6. The number of carbonyl (C=O) groups is 2. The van der Waals surface area contributed by atoms with Crippen LogP contribution in [0.25, 0.3) is 0 Å². The molecular weight excluding hydrogens is 404 g/mol. The van der Waals surface area contributed by atoms with Crippen LogP contribution in [0.5, 0.6) is 0 Å². The van der Waals surface area contributed by atoms with E-state index in [2.05, 4.69) is 10.3 Å². The zero-order valence-electron chi connectivity index (χ0n) is 16.7. The molecule has 2 aliphatic heterocycles. The third-order valence-electron chi connectivity index (χ3n) is 6.59. The Morgan fingerprint density at radius 3 is 2.57 bits per heavy atom. The fourth-order valence-corrected chi connectivity index (χ4v) is 4.76. The van der Waals surface area contributed by atoms with E-state index >= 15 is 0 Å². The highest BCUT2D eigenvalue weighted by atomic mass is 35.5. The predicted octanol–water partition coefficient (Wildman–Crippen LogP) is 3.19. The molecule has 1 saturated heterocycles. The molecular formula is C22H25ClN4O3. The first-order chi connectivity index (χ1) is 14.5. The number of aromatic nitrogens is 2. The Hall–Kier alpha value is -2.38. The molecule has 0 unspecified atom stereocenters. The van der Waals surface area contributed by atoms with Crippen LogP contribution in [0.4, 0.5) is 5.69 Å². The van der Waals surface area contributed by atoms with Crippen LogP contribution in [0.1, 0.15) is 37.9 Å². The molecule has 2 fully saturated rings. The summed E-state index contributed by atoms with van der Waals surface area (Å²) < 4.78 is 8.44. The van der Waals surface area contributed by atoms with Gasteiger partial charge in [0.1, 0.15) is 11.4 Å². The zero-order valence-corrected chi connectivity index (χ0v) is 17.5. The lowest BCUT2D eigenvalue weighted by molar-refractivity contribution is -0.174. The Kier molecular flexibility index (Phi) is 5.03. The van der Waals surface area contributed by atoms with Crippen molar-refractivity contribution in [2.24, 2.45) is 5.92 Å². The van der Waals surface area contributed by atoms with E-state index in [9.17, 15) is 9.59 Å². The third-order valence-corrected chi connectivity index (χ3v) is 6.85. The molecule has 8 heteroatoms. The number of ether oxygens (including phenoxy) is 1. The quantitative estimate of drug-likeness (QED) is 0.814. The number of piperidine rings is 1. The number of nitrogens with zero attached hydrogens (tertiary/aromatic N) is 3. The lowest BCUT2D eigenvalue weighted by Gasteiger charge is -2.46. The highest BCUT2D eigenvalue weighted by Crippen LogP contribution is 2.41. The second-order valence-electron chi connectivity index (χ2n) is 8.45. The molecule has 2 amide bonds. The van der Waals surface area contributed by atoms with Gasteiger partial charge in [0, 0.05) is 55.0 Å². The summed E-state index contributed by atoms with van der Waals surface area (Å²) in [5, 5.41) is 3.54. The van der Waals surface area contributed by atoms with Crippen molar-refractivity contribution < 1.29 is 14.3 Å². The first-order valence-corrected chi connectivity index (χ1v) is 11.0. The number of amides is 2. The van der Waals surface area contributed by atoms with Gasteiger partial charge in [0.15, 0.2) is 6.10 Å². The summed E-state index contributed by atoms with van der Waals surface area (Å²) in [6.45, 7) is 1.68. The number of rotatable bonds is 3. The van der Waals surface area contributed by atoms with Crippen LogP contribution in [0.3, 0.4) is 0 Å². The first kappa shape index (κ1) is 19.6. The Bertz CT molecular complexity index is 946. The van der Waals surface area contributed by atoms with Gasteiger partial charge >= 0.3 is 0 Å². The maximum Gasteiger partial charge on any atom is 0.255 e. The number of imidazole rings is 1. The third kappa shape index (κ3) is 3.50. The SMILES string of the molecule is O=C(Nc1ccc(Cl)cc1)[C@H]1Cn2ccnc2C2(CCN(C(=O)C3CCC3)CC2)O1. The normalized spacial score (nSPS) is 23.0. The largest absolute Gasteiger partial charge is 0.352 e. The van der Waals surface area contributed by atoms with Gasteiger partial charge in [-0.1, -0.05) is 18.0 Å². The number of fused-ring (bicyclic) bond motifs is 2. The molecule has 7 nitrogen and oxygen atoms in total. The summed E-state index contributed by atoms with van der Waals surface area (Å²) in [4.78, 5) is 32.1. The van der Waals surface area contributed by atoms with Crippen LogP contribution in [0.2, 0.25) is 5.02 Å². The fraction of sp³-hybridized carbons (Fsp3) is 0.500. The van der Waals surface area contributed by atoms with Gasteiger partial charge in [-0.05, 0) is 37.1 Å². The van der Waals surface area contributed by atoms with Gasteiger partial charge in [-0.3, -0.25) is 9.59 Å². The minimum absolute atomic E-state index is 0.191. The van der Waals surface area contributed by atoms with E-state index in [1.54, 1.807) is 30.5 Å². The van der Waals surface area contributed by atoms with E-state index in [0.717, 1.165) is 25.1 Å². The number of halogens is 1. The highest BCUT2D eigenvalue weighted by molar-refractivity contribution is 6.30. The van der Waals surface area contributed by atoms with Crippen LogP contribution in [0.15, 0.2) is 36.7 Å². The fourth-order valence-electron chi connectivity index (χ4n) is 4.63. The van der Waals surface area contributed by atoms with E-state index in [-0.39, 0.29) is 17.7 Å². The lowest BCUT2D eigenvalue weighted by Crippen LogP contribution is -2.54. The molecule has 1 aromatic carbocycles. The van der Waals surface area contributed by atoms with Crippen LogP contribution >= 0.6 is 11.6 Å². The van der Waals surface area contributed by atoms with Gasteiger partial charge in [-0.25, -0.2) is 4.98 Å². The van der Waals surface area contributed by atoms with Crippen molar-refractivity contribution in [1.82, 2.24) is 14.5 Å². The van der Waals surface area contributed by atoms with Crippen LogP contribution in [-0.2, 0) is 26.5 Å². The number of likely N-dealkylation sites (tertiary alicyclic amines) is 1. The Morgan fingerprint density at radius 2 is 1.90 bits per heavy atom. The summed E-state index contributed by atoms with van der Waals surface area (Å²) in [6.07, 6.45) is 7.48. The predicted molar refractivity (Wildman–Crippen MR) is 112 cm³/mol. The van der Waals surface area contributed by atoms with E-state index < -0.39 is 11.7 Å². The van der Waals surface area contributed by atoms with E-state index in [0.29, 0.717) is 43.2 Å². The van der Waals surface area contributed by atoms with Crippen LogP contribution in [0, 0.1) is 5.92 Å². The number of benzene rings is 1. The molecule has 1 atom stereocenters. The number of carbonyl (C=O) groups excluding carboxylic acids is 2. The van der Waals surface area contributed by atoms with Gasteiger partial charge in [-0.2, -0.15) is 0 Å². The maximum absolute atomic E-state index is 13.0. The van der Waals surface area contributed by atoms with Crippen molar-refractivity contribution in [2.75, 3.05) is 18.4 Å². The van der Waals surface area contributed by atoms with Crippen molar-refractivity contribution in [3.05, 3.63) is 47.5 Å². The second kappa shape index (κ2) is 7.71. The number of hydrogen-bond acceptors (Lipinski definition) is 4. The molecule has 3 aliphatic rings. The van der Waals surface area contributed by atoms with Gasteiger partial charge < -0.3 is 19.5 Å². The second-order valence-corrected chi connectivity index (χ2v) is 8.89. The molecule has 1 aromatic heterocycles. The molecule has 0 radical (unpaired) electrons. The molecule has 5 rings (SSSR count). The average molecular weight is 429 g/mol. The zero-order chi connectivity index (χ0) is 20.7. The van der Waals surface area contributed by atoms with Gasteiger partial charge in [0.05, 0.1) is 6.54 Å². The van der Waals surface area contributed by atoms with Crippen LogP contribution in [-0.4, -0.2) is 45.5 Å². The molecule has 30 heavy (non-hydrogen) atoms. The topological polar surface area (TPSA) is 76.5 Å². The van der Waals surface area contributed by atoms with Crippen molar-refractivity contribution in [3.8, 4) is 0 Å². The summed E-state index contributed by atoms with van der Waals surface area (Å²) in [5.41, 5.74) is 0.0412. The van der Waals surface area contributed by atoms with Crippen molar-refractivity contribution in [1.29, 1.82) is 0 Å². The molecule has 1 aliphatic carbocycles. The highest BCUT2D eigenvalue weighted by Gasteiger charge is 2.48. The summed E-state index contributed by atoms with van der Waals surface area (Å²) in [6, 6.07) is 7.02. The summed E-state index contributed by atoms with van der Waals surface area (Å²) >= 11 is 5.93. The van der Waals surface area contributed by atoms with Gasteiger partial charge in [-0.15, -0.1) is 0 Å². The lowest BCUT2D eigenvalue weighted by atomic mass is 9.82. The molecule has 158 valence electrons. The minimum atomic E-state index is -0.639. The summed E-state index contributed by atoms with van der Waals surface area (Å²) in [5.74, 6) is 1.14. The van der Waals surface area contributed by atoms with E-state index in [4.69, 9.17) is 16.3 Å².